The first-order chi connectivity index (χ1) is 10.3. The maximum atomic E-state index is 14.3. The van der Waals surface area contributed by atoms with E-state index in [1.807, 2.05) is 40.9 Å². The minimum Gasteiger partial charge on any atom is -0.310 e. The van der Waals surface area contributed by atoms with Crippen LogP contribution >= 0.6 is 0 Å². The molecule has 2 aromatic heterocycles. The Morgan fingerprint density at radius 1 is 1.24 bits per heavy atom. The van der Waals surface area contributed by atoms with Crippen molar-refractivity contribution in [3.05, 3.63) is 60.2 Å². The molecule has 1 aromatic carbocycles. The first-order valence-corrected chi connectivity index (χ1v) is 7.25. The molecule has 0 radical (unpaired) electrons. The van der Waals surface area contributed by atoms with E-state index < -0.39 is 0 Å². The van der Waals surface area contributed by atoms with Crippen molar-refractivity contribution in [2.45, 2.75) is 25.4 Å². The summed E-state index contributed by atoms with van der Waals surface area (Å²) < 4.78 is 16.2. The Morgan fingerprint density at radius 2 is 2.14 bits per heavy atom. The number of nitrogens with zero attached hydrogens (tertiary/aromatic N) is 2. The molecule has 3 nitrogen and oxygen atoms in total. The molecule has 0 atom stereocenters. The standard InChI is InChI=1S/C17H16FN3/c18-15-10-12(4-5-13(15)11-20-14-6-7-14)16-2-1-3-17-19-8-9-21(16)17/h1-5,8-10,14,20H,6-7,11H2. The molecule has 0 saturated heterocycles. The van der Waals surface area contributed by atoms with Gasteiger partial charge in [-0.25, -0.2) is 9.37 Å². The van der Waals surface area contributed by atoms with Gasteiger partial charge in [-0.2, -0.15) is 0 Å². The summed E-state index contributed by atoms with van der Waals surface area (Å²) in [6.07, 6.45) is 6.07. The Kier molecular flexibility index (Phi) is 2.97. The van der Waals surface area contributed by atoms with Crippen LogP contribution in [0.5, 0.6) is 0 Å². The number of nitrogens with one attached hydrogen (secondary N) is 1. The van der Waals surface area contributed by atoms with Gasteiger partial charge in [0.15, 0.2) is 0 Å². The average Bonchev–Trinajstić information content (AvgIpc) is 3.20. The molecule has 0 bridgehead atoms. The van der Waals surface area contributed by atoms with E-state index in [4.69, 9.17) is 0 Å². The molecule has 1 saturated carbocycles. The summed E-state index contributed by atoms with van der Waals surface area (Å²) in [6.45, 7) is 0.603. The molecule has 106 valence electrons. The highest BCUT2D eigenvalue weighted by molar-refractivity contribution is 5.64. The van der Waals surface area contributed by atoms with E-state index in [1.54, 1.807) is 12.3 Å². The molecule has 1 N–H and O–H groups in total. The predicted molar refractivity (Wildman–Crippen MR) is 80.4 cm³/mol. The molecule has 0 unspecified atom stereocenters. The van der Waals surface area contributed by atoms with Gasteiger partial charge in [0.2, 0.25) is 0 Å². The van der Waals surface area contributed by atoms with Gasteiger partial charge in [0.05, 0.1) is 5.69 Å². The molecule has 21 heavy (non-hydrogen) atoms. The number of benzene rings is 1. The fourth-order valence-corrected chi connectivity index (χ4v) is 2.57. The van der Waals surface area contributed by atoms with Crippen LogP contribution in [0.3, 0.4) is 0 Å². The number of fused-ring (bicyclic) bond motifs is 1. The Labute approximate surface area is 122 Å². The van der Waals surface area contributed by atoms with Crippen LogP contribution in [0.15, 0.2) is 48.8 Å². The second-order valence-corrected chi connectivity index (χ2v) is 5.53. The maximum Gasteiger partial charge on any atom is 0.137 e. The van der Waals surface area contributed by atoms with Crippen molar-refractivity contribution in [2.24, 2.45) is 0 Å². The minimum atomic E-state index is -0.155. The summed E-state index contributed by atoms with van der Waals surface area (Å²) in [4.78, 5) is 4.26. The van der Waals surface area contributed by atoms with Crippen LogP contribution in [-0.4, -0.2) is 15.4 Å². The number of rotatable bonds is 4. The minimum absolute atomic E-state index is 0.155. The molecule has 2 heterocycles. The van der Waals surface area contributed by atoms with Gasteiger partial charge in [-0.3, -0.25) is 4.40 Å². The molecule has 1 aliphatic rings. The van der Waals surface area contributed by atoms with Crippen LogP contribution in [0.25, 0.3) is 16.9 Å². The van der Waals surface area contributed by atoms with Crippen molar-refractivity contribution in [2.75, 3.05) is 0 Å². The first kappa shape index (κ1) is 12.5. The van der Waals surface area contributed by atoms with E-state index in [0.717, 1.165) is 22.5 Å². The molecule has 0 aliphatic heterocycles. The van der Waals surface area contributed by atoms with Gasteiger partial charge in [0, 0.05) is 36.1 Å². The highest BCUT2D eigenvalue weighted by Gasteiger charge is 2.20. The highest BCUT2D eigenvalue weighted by Crippen LogP contribution is 2.24. The second kappa shape index (κ2) is 4.97. The number of pyridine rings is 1. The van der Waals surface area contributed by atoms with Crippen molar-refractivity contribution < 1.29 is 4.39 Å². The van der Waals surface area contributed by atoms with Crippen molar-refractivity contribution in [3.8, 4) is 11.3 Å². The van der Waals surface area contributed by atoms with Gasteiger partial charge in [-0.1, -0.05) is 18.2 Å². The summed E-state index contributed by atoms with van der Waals surface area (Å²) in [5, 5.41) is 3.34. The molecule has 0 amide bonds. The normalized spacial score (nSPS) is 14.7. The van der Waals surface area contributed by atoms with Gasteiger partial charge < -0.3 is 5.32 Å². The Hall–Kier alpha value is -2.20. The van der Waals surface area contributed by atoms with E-state index in [2.05, 4.69) is 10.3 Å². The van der Waals surface area contributed by atoms with Crippen molar-refractivity contribution in [1.82, 2.24) is 14.7 Å². The van der Waals surface area contributed by atoms with E-state index in [0.29, 0.717) is 12.6 Å². The summed E-state index contributed by atoms with van der Waals surface area (Å²) in [7, 11) is 0. The topological polar surface area (TPSA) is 29.3 Å². The molecule has 1 fully saturated rings. The van der Waals surface area contributed by atoms with Crippen molar-refractivity contribution in [3.63, 3.8) is 0 Å². The summed E-state index contributed by atoms with van der Waals surface area (Å²) in [6, 6.07) is 11.9. The van der Waals surface area contributed by atoms with Crippen molar-refractivity contribution in [1.29, 1.82) is 0 Å². The predicted octanol–water partition coefficient (Wildman–Crippen LogP) is 3.39. The lowest BCUT2D eigenvalue weighted by Gasteiger charge is -2.09. The van der Waals surface area contributed by atoms with Crippen molar-refractivity contribution >= 4 is 5.65 Å². The lowest BCUT2D eigenvalue weighted by Crippen LogP contribution is -2.16. The number of imidazole rings is 1. The first-order valence-electron chi connectivity index (χ1n) is 7.25. The number of aromatic nitrogens is 2. The van der Waals surface area contributed by atoms with Gasteiger partial charge in [0.1, 0.15) is 11.5 Å². The molecule has 0 spiro atoms. The van der Waals surface area contributed by atoms with Gasteiger partial charge in [0.25, 0.3) is 0 Å². The zero-order chi connectivity index (χ0) is 14.2. The molecule has 3 aromatic rings. The van der Waals surface area contributed by atoms with Crippen LogP contribution in [0.1, 0.15) is 18.4 Å². The van der Waals surface area contributed by atoms with Crippen LogP contribution in [0.4, 0.5) is 4.39 Å². The number of hydrogen-bond acceptors (Lipinski definition) is 2. The third-order valence-corrected chi connectivity index (χ3v) is 3.94. The lowest BCUT2D eigenvalue weighted by atomic mass is 10.1. The molecular weight excluding hydrogens is 265 g/mol. The molecule has 4 rings (SSSR count). The smallest absolute Gasteiger partial charge is 0.137 e. The van der Waals surface area contributed by atoms with E-state index in [-0.39, 0.29) is 5.82 Å². The van der Waals surface area contributed by atoms with E-state index in [1.165, 1.54) is 12.8 Å². The monoisotopic (exact) mass is 281 g/mol. The number of hydrogen-bond donors (Lipinski definition) is 1. The largest absolute Gasteiger partial charge is 0.310 e. The lowest BCUT2D eigenvalue weighted by molar-refractivity contribution is 0.587. The fraction of sp³-hybridized carbons (Fsp3) is 0.235. The quantitative estimate of drug-likeness (QED) is 0.794. The molecule has 4 heteroatoms. The maximum absolute atomic E-state index is 14.3. The van der Waals surface area contributed by atoms with Crippen LogP contribution in [-0.2, 0) is 6.54 Å². The Bertz CT molecular complexity index is 790. The van der Waals surface area contributed by atoms with Gasteiger partial charge in [-0.15, -0.1) is 0 Å². The van der Waals surface area contributed by atoms with E-state index >= 15 is 0 Å². The number of halogens is 1. The zero-order valence-corrected chi connectivity index (χ0v) is 11.6. The fourth-order valence-electron chi connectivity index (χ4n) is 2.57. The Morgan fingerprint density at radius 3 is 2.95 bits per heavy atom. The average molecular weight is 281 g/mol. The van der Waals surface area contributed by atoms with Gasteiger partial charge in [-0.05, 0) is 31.0 Å². The van der Waals surface area contributed by atoms with E-state index in [9.17, 15) is 4.39 Å². The van der Waals surface area contributed by atoms with Crippen LogP contribution in [0.2, 0.25) is 0 Å². The van der Waals surface area contributed by atoms with Gasteiger partial charge >= 0.3 is 0 Å². The molecule has 1 aliphatic carbocycles. The third kappa shape index (κ3) is 2.43. The SMILES string of the molecule is Fc1cc(-c2cccc3nccn23)ccc1CNC1CC1. The summed E-state index contributed by atoms with van der Waals surface area (Å²) >= 11 is 0. The Balaban J connectivity index is 1.68. The third-order valence-electron chi connectivity index (χ3n) is 3.94. The highest BCUT2D eigenvalue weighted by atomic mass is 19.1. The van der Waals surface area contributed by atoms with Crippen LogP contribution < -0.4 is 5.32 Å². The van der Waals surface area contributed by atoms with Crippen LogP contribution in [0, 0.1) is 5.82 Å². The second-order valence-electron chi connectivity index (χ2n) is 5.53. The molecular formula is C17H16FN3. The summed E-state index contributed by atoms with van der Waals surface area (Å²) in [5.74, 6) is -0.155. The zero-order valence-electron chi connectivity index (χ0n) is 11.6. The summed E-state index contributed by atoms with van der Waals surface area (Å²) in [5.41, 5.74) is 3.41.